The van der Waals surface area contributed by atoms with Gasteiger partial charge in [0.05, 0.1) is 0 Å². The molecule has 0 saturated carbocycles. The molecule has 0 aliphatic rings. The van der Waals surface area contributed by atoms with Crippen molar-refractivity contribution in [3.8, 4) is 0 Å². The Morgan fingerprint density at radius 1 is 0.850 bits per heavy atom. The molecular weight excluding hydrogens is 240 g/mol. The minimum Gasteiger partial charge on any atom is -0.100 e. The molecule has 0 N–H and O–H groups in total. The standard InChI is InChI=1S/C11H20.C9H16/c1-6-10(4)7-8-11(5)9(2)3;1-8(2)6-5-7-9(3)4/h10H,2,5-8H2,1,3-4H3;1,3,5-7H2,2,4H3. The topological polar surface area (TPSA) is 0 Å². The molecule has 0 aromatic heterocycles. The number of rotatable bonds is 9. The molecule has 0 spiro atoms. The van der Waals surface area contributed by atoms with Crippen molar-refractivity contribution in [1.29, 1.82) is 0 Å². The minimum atomic E-state index is 0.825. The number of allylic oxidation sites excluding steroid dienone is 4. The lowest BCUT2D eigenvalue weighted by atomic mass is 9.97. The molecule has 1 atom stereocenters. The smallest absolute Gasteiger partial charge is 0.0280 e. The van der Waals surface area contributed by atoms with E-state index >= 15 is 0 Å². The third-order valence-corrected chi connectivity index (χ3v) is 3.45. The molecule has 0 nitrogen and oxygen atoms in total. The normalized spacial score (nSPS) is 11.1. The SMILES string of the molecule is C=C(C)C(=C)CCC(C)CC.C=C(C)CCCC(=C)C. The van der Waals surface area contributed by atoms with Gasteiger partial charge in [-0.05, 0) is 58.8 Å². The maximum absolute atomic E-state index is 3.96. The molecule has 0 aromatic rings. The predicted molar refractivity (Wildman–Crippen MR) is 96.1 cm³/mol. The monoisotopic (exact) mass is 276 g/mol. The Bertz CT molecular complexity index is 303. The van der Waals surface area contributed by atoms with E-state index in [-0.39, 0.29) is 0 Å². The summed E-state index contributed by atoms with van der Waals surface area (Å²) in [6, 6.07) is 0. The van der Waals surface area contributed by atoms with Crippen molar-refractivity contribution >= 4 is 0 Å². The third kappa shape index (κ3) is 17.0. The fraction of sp³-hybridized carbons (Fsp3) is 0.600. The molecule has 0 aromatic carbocycles. The first kappa shape index (κ1) is 21.3. The molecule has 0 heteroatoms. The summed E-state index contributed by atoms with van der Waals surface area (Å²) in [5, 5.41) is 0. The highest BCUT2D eigenvalue weighted by Crippen LogP contribution is 2.17. The summed E-state index contributed by atoms with van der Waals surface area (Å²) in [4.78, 5) is 0. The fourth-order valence-corrected chi connectivity index (χ4v) is 1.53. The maximum Gasteiger partial charge on any atom is -0.0280 e. The van der Waals surface area contributed by atoms with Crippen LogP contribution in [-0.2, 0) is 0 Å². The van der Waals surface area contributed by atoms with E-state index in [2.05, 4.69) is 54.0 Å². The Labute approximate surface area is 128 Å². The second-order valence-corrected chi connectivity index (χ2v) is 6.20. The summed E-state index contributed by atoms with van der Waals surface area (Å²) in [7, 11) is 0. The maximum atomic E-state index is 3.96. The van der Waals surface area contributed by atoms with E-state index in [9.17, 15) is 0 Å². The highest BCUT2D eigenvalue weighted by molar-refractivity contribution is 5.22. The van der Waals surface area contributed by atoms with Crippen molar-refractivity contribution in [2.24, 2.45) is 5.92 Å². The van der Waals surface area contributed by atoms with E-state index in [0.29, 0.717) is 0 Å². The molecule has 0 aliphatic heterocycles. The van der Waals surface area contributed by atoms with Gasteiger partial charge >= 0.3 is 0 Å². The number of hydrogen-bond donors (Lipinski definition) is 0. The van der Waals surface area contributed by atoms with E-state index in [4.69, 9.17) is 0 Å². The van der Waals surface area contributed by atoms with Crippen LogP contribution in [0.3, 0.4) is 0 Å². The molecule has 0 saturated heterocycles. The fourth-order valence-electron chi connectivity index (χ4n) is 1.53. The van der Waals surface area contributed by atoms with Crippen LogP contribution in [0.25, 0.3) is 0 Å². The average Bonchev–Trinajstić information content (AvgIpc) is 2.35. The van der Waals surface area contributed by atoms with Crippen molar-refractivity contribution in [1.82, 2.24) is 0 Å². The third-order valence-electron chi connectivity index (χ3n) is 3.45. The highest BCUT2D eigenvalue weighted by atomic mass is 14.1. The van der Waals surface area contributed by atoms with Gasteiger partial charge < -0.3 is 0 Å². The Morgan fingerprint density at radius 3 is 1.60 bits per heavy atom. The van der Waals surface area contributed by atoms with Gasteiger partial charge in [-0.1, -0.05) is 55.7 Å². The second kappa shape index (κ2) is 13.0. The summed E-state index contributed by atoms with van der Waals surface area (Å²) >= 11 is 0. The van der Waals surface area contributed by atoms with Crippen LogP contribution in [0.5, 0.6) is 0 Å². The molecule has 0 rings (SSSR count). The average molecular weight is 277 g/mol. The van der Waals surface area contributed by atoms with Gasteiger partial charge in [-0.15, -0.1) is 13.2 Å². The van der Waals surface area contributed by atoms with Gasteiger partial charge in [0.2, 0.25) is 0 Å². The van der Waals surface area contributed by atoms with Crippen molar-refractivity contribution < 1.29 is 0 Å². The van der Waals surface area contributed by atoms with Crippen LogP contribution in [0.4, 0.5) is 0 Å². The Morgan fingerprint density at radius 2 is 1.30 bits per heavy atom. The highest BCUT2D eigenvalue weighted by Gasteiger charge is 2.00. The zero-order valence-corrected chi connectivity index (χ0v) is 14.6. The molecule has 1 unspecified atom stereocenters. The van der Waals surface area contributed by atoms with Crippen LogP contribution in [0.2, 0.25) is 0 Å². The van der Waals surface area contributed by atoms with Crippen molar-refractivity contribution in [3.63, 3.8) is 0 Å². The summed E-state index contributed by atoms with van der Waals surface area (Å²) in [6.07, 6.45) is 7.14. The molecule has 20 heavy (non-hydrogen) atoms. The van der Waals surface area contributed by atoms with Gasteiger partial charge in [0, 0.05) is 0 Å². The van der Waals surface area contributed by atoms with Crippen molar-refractivity contribution in [3.05, 3.63) is 48.6 Å². The lowest BCUT2D eigenvalue weighted by Gasteiger charge is -2.09. The van der Waals surface area contributed by atoms with Crippen LogP contribution in [0, 0.1) is 5.92 Å². The van der Waals surface area contributed by atoms with Gasteiger partial charge in [-0.25, -0.2) is 0 Å². The quantitative estimate of drug-likeness (QED) is 0.307. The van der Waals surface area contributed by atoms with Crippen LogP contribution in [-0.4, -0.2) is 0 Å². The van der Waals surface area contributed by atoms with Gasteiger partial charge in [-0.3, -0.25) is 0 Å². The first-order chi connectivity index (χ1) is 9.20. The van der Waals surface area contributed by atoms with Crippen LogP contribution in [0.15, 0.2) is 48.6 Å². The minimum absolute atomic E-state index is 0.825. The van der Waals surface area contributed by atoms with Gasteiger partial charge in [-0.2, -0.15) is 0 Å². The molecule has 0 bridgehead atoms. The van der Waals surface area contributed by atoms with Crippen LogP contribution in [0.1, 0.15) is 73.1 Å². The van der Waals surface area contributed by atoms with Gasteiger partial charge in [0.15, 0.2) is 0 Å². The lowest BCUT2D eigenvalue weighted by Crippen LogP contribution is -1.93. The lowest BCUT2D eigenvalue weighted by molar-refractivity contribution is 0.517. The van der Waals surface area contributed by atoms with Gasteiger partial charge in [0.1, 0.15) is 0 Å². The van der Waals surface area contributed by atoms with E-state index in [0.717, 1.165) is 30.8 Å². The van der Waals surface area contributed by atoms with Gasteiger partial charge in [0.25, 0.3) is 0 Å². The Balaban J connectivity index is 0. The largest absolute Gasteiger partial charge is 0.100 e. The summed E-state index contributed by atoms with van der Waals surface area (Å²) in [6.45, 7) is 26.1. The summed E-state index contributed by atoms with van der Waals surface area (Å²) in [5.74, 6) is 0.825. The van der Waals surface area contributed by atoms with E-state index in [1.54, 1.807) is 0 Å². The molecule has 0 amide bonds. The van der Waals surface area contributed by atoms with Crippen LogP contribution >= 0.6 is 0 Å². The molecule has 0 fully saturated rings. The second-order valence-electron chi connectivity index (χ2n) is 6.20. The van der Waals surface area contributed by atoms with E-state index in [1.807, 2.05) is 6.92 Å². The molecule has 0 heterocycles. The van der Waals surface area contributed by atoms with Crippen molar-refractivity contribution in [2.75, 3.05) is 0 Å². The molecule has 116 valence electrons. The Kier molecular flexibility index (Phi) is 13.8. The van der Waals surface area contributed by atoms with Crippen molar-refractivity contribution in [2.45, 2.75) is 73.1 Å². The van der Waals surface area contributed by atoms with Crippen LogP contribution < -0.4 is 0 Å². The first-order valence-corrected chi connectivity index (χ1v) is 7.83. The molecule has 0 radical (unpaired) electrons. The number of hydrogen-bond acceptors (Lipinski definition) is 0. The molecular formula is C20H36. The zero-order chi connectivity index (χ0) is 16.1. The molecule has 0 aliphatic carbocycles. The first-order valence-electron chi connectivity index (χ1n) is 7.83. The summed E-state index contributed by atoms with van der Waals surface area (Å²) < 4.78 is 0. The Hall–Kier alpha value is -1.04. The van der Waals surface area contributed by atoms with E-state index < -0.39 is 0 Å². The zero-order valence-electron chi connectivity index (χ0n) is 14.6. The van der Waals surface area contributed by atoms with E-state index in [1.165, 1.54) is 36.0 Å². The summed E-state index contributed by atoms with van der Waals surface area (Å²) in [5.41, 5.74) is 4.89. The predicted octanol–water partition coefficient (Wildman–Crippen LogP) is 7.25.